The first-order valence-corrected chi connectivity index (χ1v) is 9.97. The average Bonchev–Trinajstić information content (AvgIpc) is 2.72. The molecule has 0 saturated carbocycles. The first-order valence-electron chi connectivity index (χ1n) is 8.53. The molecule has 1 aliphatic heterocycles. The van der Waals surface area contributed by atoms with Gasteiger partial charge in [-0.15, -0.1) is 0 Å². The summed E-state index contributed by atoms with van der Waals surface area (Å²) < 4.78 is 66.2. The number of benzene rings is 2. The smallest absolute Gasteiger partial charge is 0.369 e. The Bertz CT molecular complexity index is 1090. The fraction of sp³-hybridized carbons (Fsp3) is 0.263. The molecule has 0 aromatic heterocycles. The highest BCUT2D eigenvalue weighted by Crippen LogP contribution is 2.34. The fourth-order valence-corrected chi connectivity index (χ4v) is 4.52. The SMILES string of the molecule is N#Cc1ccc(S(=O)(=O)N2CCN(c3ccc(C#N)c(C(F)(F)F)c3)CC2)cc1. The summed E-state index contributed by atoms with van der Waals surface area (Å²) in [5, 5.41) is 17.7. The second kappa shape index (κ2) is 7.74. The first-order chi connectivity index (χ1) is 13.7. The van der Waals surface area contributed by atoms with Crippen molar-refractivity contribution in [3.8, 4) is 12.1 Å². The van der Waals surface area contributed by atoms with Crippen molar-refractivity contribution in [2.75, 3.05) is 31.1 Å². The minimum Gasteiger partial charge on any atom is -0.369 e. The van der Waals surface area contributed by atoms with Crippen LogP contribution in [-0.2, 0) is 16.2 Å². The molecule has 10 heteroatoms. The minimum absolute atomic E-state index is 0.0580. The monoisotopic (exact) mass is 420 g/mol. The fourth-order valence-electron chi connectivity index (χ4n) is 3.10. The molecule has 6 nitrogen and oxygen atoms in total. The van der Waals surface area contributed by atoms with Crippen molar-refractivity contribution >= 4 is 15.7 Å². The Morgan fingerprint density at radius 2 is 1.52 bits per heavy atom. The summed E-state index contributed by atoms with van der Waals surface area (Å²) in [7, 11) is -3.76. The number of hydrogen-bond donors (Lipinski definition) is 0. The Labute approximate surface area is 166 Å². The van der Waals surface area contributed by atoms with Crippen LogP contribution >= 0.6 is 0 Å². The molecule has 1 aliphatic rings. The molecule has 2 aromatic rings. The van der Waals surface area contributed by atoms with Gasteiger partial charge in [0.1, 0.15) is 0 Å². The third kappa shape index (κ3) is 4.19. The summed E-state index contributed by atoms with van der Waals surface area (Å²) in [5.74, 6) is 0. The van der Waals surface area contributed by atoms with E-state index in [9.17, 15) is 21.6 Å². The summed E-state index contributed by atoms with van der Waals surface area (Å²) in [6.45, 7) is 0.616. The van der Waals surface area contributed by atoms with Crippen molar-refractivity contribution in [2.24, 2.45) is 0 Å². The maximum absolute atomic E-state index is 13.2. The van der Waals surface area contributed by atoms with Gasteiger partial charge in [0.2, 0.25) is 10.0 Å². The normalized spacial score (nSPS) is 15.6. The second-order valence-corrected chi connectivity index (χ2v) is 8.30. The molecule has 0 amide bonds. The standard InChI is InChI=1S/C19H15F3N4O2S/c20-19(21,22)18-11-16(4-3-15(18)13-24)25-7-9-26(10-8-25)29(27,28)17-5-1-14(12-23)2-6-17/h1-6,11H,7-10H2. The lowest BCUT2D eigenvalue weighted by molar-refractivity contribution is -0.137. The molecule has 29 heavy (non-hydrogen) atoms. The van der Waals surface area contributed by atoms with E-state index in [2.05, 4.69) is 0 Å². The zero-order valence-electron chi connectivity index (χ0n) is 15.0. The van der Waals surface area contributed by atoms with E-state index in [-0.39, 0.29) is 36.8 Å². The number of rotatable bonds is 3. The lowest BCUT2D eigenvalue weighted by Gasteiger charge is -2.35. The predicted molar refractivity (Wildman–Crippen MR) is 98.3 cm³/mol. The highest BCUT2D eigenvalue weighted by molar-refractivity contribution is 7.89. The average molecular weight is 420 g/mol. The van der Waals surface area contributed by atoms with Gasteiger partial charge in [-0.1, -0.05) is 0 Å². The molecule has 0 spiro atoms. The number of sulfonamides is 1. The third-order valence-electron chi connectivity index (χ3n) is 4.65. The van der Waals surface area contributed by atoms with Crippen LogP contribution in [0.1, 0.15) is 16.7 Å². The van der Waals surface area contributed by atoms with Crippen LogP contribution in [0.15, 0.2) is 47.4 Å². The molecule has 0 radical (unpaired) electrons. The Balaban J connectivity index is 1.77. The van der Waals surface area contributed by atoms with E-state index >= 15 is 0 Å². The molecule has 0 aliphatic carbocycles. The summed E-state index contributed by atoms with van der Waals surface area (Å²) in [6, 6.07) is 12.5. The largest absolute Gasteiger partial charge is 0.417 e. The molecule has 2 aromatic carbocycles. The summed E-state index contributed by atoms with van der Waals surface area (Å²) in [4.78, 5) is 1.71. The van der Waals surface area contributed by atoms with Gasteiger partial charge in [0.05, 0.1) is 33.7 Å². The van der Waals surface area contributed by atoms with Crippen LogP contribution in [-0.4, -0.2) is 38.9 Å². The van der Waals surface area contributed by atoms with Crippen LogP contribution in [0.2, 0.25) is 0 Å². The second-order valence-electron chi connectivity index (χ2n) is 6.37. The number of halogens is 3. The van der Waals surface area contributed by atoms with Gasteiger partial charge in [0, 0.05) is 31.9 Å². The topological polar surface area (TPSA) is 88.2 Å². The van der Waals surface area contributed by atoms with E-state index in [0.29, 0.717) is 5.56 Å². The summed E-state index contributed by atoms with van der Waals surface area (Å²) in [5.41, 5.74) is -0.838. The highest BCUT2D eigenvalue weighted by Gasteiger charge is 2.35. The Hall–Kier alpha value is -3.08. The Morgan fingerprint density at radius 1 is 0.897 bits per heavy atom. The van der Waals surface area contributed by atoms with E-state index in [1.54, 1.807) is 4.90 Å². The van der Waals surface area contributed by atoms with Crippen molar-refractivity contribution < 1.29 is 21.6 Å². The molecule has 0 N–H and O–H groups in total. The minimum atomic E-state index is -4.65. The third-order valence-corrected chi connectivity index (χ3v) is 6.57. The first kappa shape index (κ1) is 20.6. The van der Waals surface area contributed by atoms with Crippen LogP contribution in [0.3, 0.4) is 0 Å². The van der Waals surface area contributed by atoms with E-state index in [0.717, 1.165) is 12.1 Å². The van der Waals surface area contributed by atoms with Gasteiger partial charge in [-0.25, -0.2) is 8.42 Å². The van der Waals surface area contributed by atoms with E-state index < -0.39 is 27.3 Å². The maximum atomic E-state index is 13.2. The molecular weight excluding hydrogens is 405 g/mol. The van der Waals surface area contributed by atoms with Gasteiger partial charge >= 0.3 is 6.18 Å². The predicted octanol–water partition coefficient (Wildman–Crippen LogP) is 2.96. The molecule has 0 unspecified atom stereocenters. The Kier molecular flexibility index (Phi) is 5.51. The molecule has 0 bridgehead atoms. The van der Waals surface area contributed by atoms with Crippen molar-refractivity contribution in [2.45, 2.75) is 11.1 Å². The summed E-state index contributed by atoms with van der Waals surface area (Å²) >= 11 is 0. The lowest BCUT2D eigenvalue weighted by atomic mass is 10.1. The van der Waals surface area contributed by atoms with Crippen LogP contribution in [0.5, 0.6) is 0 Å². The molecule has 1 fully saturated rings. The highest BCUT2D eigenvalue weighted by atomic mass is 32.2. The molecule has 1 saturated heterocycles. The Morgan fingerprint density at radius 3 is 2.03 bits per heavy atom. The van der Waals surface area contributed by atoms with Gasteiger partial charge < -0.3 is 4.90 Å². The number of alkyl halides is 3. The van der Waals surface area contributed by atoms with E-state index in [1.165, 1.54) is 40.7 Å². The van der Waals surface area contributed by atoms with Crippen molar-refractivity contribution in [1.82, 2.24) is 4.31 Å². The van der Waals surface area contributed by atoms with E-state index in [1.807, 2.05) is 6.07 Å². The molecule has 150 valence electrons. The van der Waals surface area contributed by atoms with Gasteiger partial charge in [-0.3, -0.25) is 0 Å². The van der Waals surface area contributed by atoms with Crippen molar-refractivity contribution in [3.05, 3.63) is 59.2 Å². The zero-order chi connectivity index (χ0) is 21.2. The van der Waals surface area contributed by atoms with Crippen LogP contribution in [0.25, 0.3) is 0 Å². The molecular formula is C19H15F3N4O2S. The van der Waals surface area contributed by atoms with Crippen LogP contribution in [0.4, 0.5) is 18.9 Å². The number of hydrogen-bond acceptors (Lipinski definition) is 5. The molecule has 3 rings (SSSR count). The van der Waals surface area contributed by atoms with Gasteiger partial charge in [0.15, 0.2) is 0 Å². The quantitative estimate of drug-likeness (QED) is 0.762. The van der Waals surface area contributed by atoms with Gasteiger partial charge in [0.25, 0.3) is 0 Å². The number of piperazine rings is 1. The number of nitriles is 2. The van der Waals surface area contributed by atoms with Gasteiger partial charge in [-0.05, 0) is 42.5 Å². The van der Waals surface area contributed by atoms with Crippen molar-refractivity contribution in [1.29, 1.82) is 10.5 Å². The lowest BCUT2D eigenvalue weighted by Crippen LogP contribution is -2.48. The van der Waals surface area contributed by atoms with E-state index in [4.69, 9.17) is 10.5 Å². The van der Waals surface area contributed by atoms with Gasteiger partial charge in [-0.2, -0.15) is 28.0 Å². The summed E-state index contributed by atoms with van der Waals surface area (Å²) in [6.07, 6.45) is -4.65. The number of anilines is 1. The van der Waals surface area contributed by atoms with Crippen LogP contribution < -0.4 is 4.90 Å². The maximum Gasteiger partial charge on any atom is 0.417 e. The molecule has 1 heterocycles. The van der Waals surface area contributed by atoms with Crippen molar-refractivity contribution in [3.63, 3.8) is 0 Å². The zero-order valence-corrected chi connectivity index (χ0v) is 15.8. The molecule has 0 atom stereocenters. The number of nitrogens with zero attached hydrogens (tertiary/aromatic N) is 4. The van der Waals surface area contributed by atoms with Crippen LogP contribution in [0, 0.1) is 22.7 Å².